The van der Waals surface area contributed by atoms with Gasteiger partial charge in [-0.3, -0.25) is 14.5 Å². The van der Waals surface area contributed by atoms with Gasteiger partial charge in [-0.25, -0.2) is 0 Å². The zero-order valence-corrected chi connectivity index (χ0v) is 17.8. The summed E-state index contributed by atoms with van der Waals surface area (Å²) in [6, 6.07) is 16.9. The minimum atomic E-state index is -0.495. The largest absolute Gasteiger partial charge is 0.336 e. The molecule has 0 aliphatic carbocycles. The topological polar surface area (TPSA) is 76.4 Å². The van der Waals surface area contributed by atoms with Crippen LogP contribution < -0.4 is 5.32 Å². The van der Waals surface area contributed by atoms with E-state index in [0.29, 0.717) is 29.9 Å². The van der Waals surface area contributed by atoms with E-state index in [9.17, 15) is 9.59 Å². The molecule has 0 aromatic heterocycles. The SMILES string of the molecule is CC(C)(C)C(=O)Nc1cccc(C(=O)N2CCN(Cc3ccc(C#N)cc3)CC2)c1. The van der Waals surface area contributed by atoms with Crippen molar-refractivity contribution in [3.8, 4) is 6.07 Å². The van der Waals surface area contributed by atoms with E-state index in [2.05, 4.69) is 16.3 Å². The number of benzene rings is 2. The molecule has 1 saturated heterocycles. The number of carbonyl (C=O) groups excluding carboxylic acids is 2. The van der Waals surface area contributed by atoms with E-state index in [-0.39, 0.29) is 11.8 Å². The van der Waals surface area contributed by atoms with Crippen LogP contribution in [0.25, 0.3) is 0 Å². The van der Waals surface area contributed by atoms with Crippen LogP contribution >= 0.6 is 0 Å². The maximum atomic E-state index is 12.9. The quantitative estimate of drug-likeness (QED) is 0.846. The Kier molecular flexibility index (Phi) is 6.53. The number of nitriles is 1. The summed E-state index contributed by atoms with van der Waals surface area (Å²) in [7, 11) is 0. The summed E-state index contributed by atoms with van der Waals surface area (Å²) in [6.07, 6.45) is 0. The van der Waals surface area contributed by atoms with Gasteiger partial charge in [0.2, 0.25) is 5.91 Å². The first-order valence-corrected chi connectivity index (χ1v) is 10.2. The molecule has 3 rings (SSSR count). The van der Waals surface area contributed by atoms with E-state index in [1.165, 1.54) is 0 Å². The van der Waals surface area contributed by atoms with Crippen molar-refractivity contribution in [3.63, 3.8) is 0 Å². The summed E-state index contributed by atoms with van der Waals surface area (Å²) >= 11 is 0. The Hall–Kier alpha value is -3.17. The van der Waals surface area contributed by atoms with Crippen LogP contribution in [0.4, 0.5) is 5.69 Å². The lowest BCUT2D eigenvalue weighted by Crippen LogP contribution is -2.48. The highest BCUT2D eigenvalue weighted by Gasteiger charge is 2.24. The lowest BCUT2D eigenvalue weighted by Gasteiger charge is -2.35. The van der Waals surface area contributed by atoms with Gasteiger partial charge in [0.1, 0.15) is 0 Å². The van der Waals surface area contributed by atoms with Crippen molar-refractivity contribution in [2.45, 2.75) is 27.3 Å². The van der Waals surface area contributed by atoms with Gasteiger partial charge < -0.3 is 10.2 Å². The van der Waals surface area contributed by atoms with Crippen molar-refractivity contribution < 1.29 is 9.59 Å². The number of nitrogens with zero attached hydrogens (tertiary/aromatic N) is 3. The third-order valence-corrected chi connectivity index (χ3v) is 5.20. The number of carbonyl (C=O) groups is 2. The van der Waals surface area contributed by atoms with Gasteiger partial charge in [-0.2, -0.15) is 5.26 Å². The molecule has 1 aliphatic heterocycles. The maximum Gasteiger partial charge on any atom is 0.254 e. The molecule has 1 N–H and O–H groups in total. The van der Waals surface area contributed by atoms with Crippen LogP contribution in [0.5, 0.6) is 0 Å². The molecule has 1 fully saturated rings. The predicted molar refractivity (Wildman–Crippen MR) is 117 cm³/mol. The molecule has 0 atom stereocenters. The number of hydrogen-bond acceptors (Lipinski definition) is 4. The molecule has 0 bridgehead atoms. The van der Waals surface area contributed by atoms with Crippen LogP contribution in [0.2, 0.25) is 0 Å². The summed E-state index contributed by atoms with van der Waals surface area (Å²) in [6.45, 7) is 9.29. The summed E-state index contributed by atoms with van der Waals surface area (Å²) in [4.78, 5) is 29.3. The molecule has 6 nitrogen and oxygen atoms in total. The van der Waals surface area contributed by atoms with Crippen LogP contribution in [0.1, 0.15) is 42.3 Å². The molecule has 0 saturated carbocycles. The van der Waals surface area contributed by atoms with Crippen LogP contribution in [-0.2, 0) is 11.3 Å². The average molecular weight is 405 g/mol. The van der Waals surface area contributed by atoms with Crippen molar-refractivity contribution in [1.29, 1.82) is 5.26 Å². The lowest BCUT2D eigenvalue weighted by atomic mass is 9.95. The van der Waals surface area contributed by atoms with Crippen molar-refractivity contribution in [3.05, 3.63) is 65.2 Å². The van der Waals surface area contributed by atoms with Crippen LogP contribution in [0.3, 0.4) is 0 Å². The molecule has 156 valence electrons. The van der Waals surface area contributed by atoms with E-state index in [1.807, 2.05) is 49.9 Å². The first kappa shape index (κ1) is 21.5. The number of amides is 2. The first-order chi connectivity index (χ1) is 14.3. The highest BCUT2D eigenvalue weighted by Crippen LogP contribution is 2.19. The fourth-order valence-corrected chi connectivity index (χ4v) is 3.28. The molecule has 2 aromatic rings. The average Bonchev–Trinajstić information content (AvgIpc) is 2.74. The number of nitrogens with one attached hydrogen (secondary N) is 1. The second-order valence-corrected chi connectivity index (χ2v) is 8.66. The molecular weight excluding hydrogens is 376 g/mol. The Labute approximate surface area is 178 Å². The molecular formula is C24H28N4O2. The highest BCUT2D eigenvalue weighted by atomic mass is 16.2. The monoisotopic (exact) mass is 404 g/mol. The van der Waals surface area contributed by atoms with E-state index >= 15 is 0 Å². The van der Waals surface area contributed by atoms with Crippen molar-refractivity contribution in [2.24, 2.45) is 5.41 Å². The normalized spacial score (nSPS) is 14.8. The van der Waals surface area contributed by atoms with Gasteiger partial charge in [0.05, 0.1) is 11.6 Å². The predicted octanol–water partition coefficient (Wildman–Crippen LogP) is 3.50. The summed E-state index contributed by atoms with van der Waals surface area (Å²) in [5.74, 6) is -0.0941. The molecule has 2 amide bonds. The highest BCUT2D eigenvalue weighted by molar-refractivity contribution is 5.98. The summed E-state index contributed by atoms with van der Waals surface area (Å²) < 4.78 is 0. The summed E-state index contributed by atoms with van der Waals surface area (Å²) in [5, 5.41) is 11.8. The molecule has 0 unspecified atom stereocenters. The lowest BCUT2D eigenvalue weighted by molar-refractivity contribution is -0.123. The minimum absolute atomic E-state index is 0.0140. The van der Waals surface area contributed by atoms with E-state index < -0.39 is 5.41 Å². The third kappa shape index (κ3) is 5.46. The number of rotatable bonds is 4. The Morgan fingerprint density at radius 1 is 1.03 bits per heavy atom. The van der Waals surface area contributed by atoms with Gasteiger partial charge in [0.15, 0.2) is 0 Å². The number of anilines is 1. The van der Waals surface area contributed by atoms with Crippen molar-refractivity contribution in [2.75, 3.05) is 31.5 Å². The molecule has 2 aromatic carbocycles. The number of piperazine rings is 1. The second kappa shape index (κ2) is 9.10. The van der Waals surface area contributed by atoms with Crippen LogP contribution in [-0.4, -0.2) is 47.8 Å². The zero-order chi connectivity index (χ0) is 21.7. The van der Waals surface area contributed by atoms with Gasteiger partial charge in [0.25, 0.3) is 5.91 Å². The molecule has 1 aliphatic rings. The van der Waals surface area contributed by atoms with Gasteiger partial charge in [-0.15, -0.1) is 0 Å². The Morgan fingerprint density at radius 2 is 1.70 bits per heavy atom. The van der Waals surface area contributed by atoms with Crippen LogP contribution in [0.15, 0.2) is 48.5 Å². The van der Waals surface area contributed by atoms with Gasteiger partial charge in [-0.05, 0) is 35.9 Å². The van der Waals surface area contributed by atoms with E-state index in [0.717, 1.165) is 25.2 Å². The van der Waals surface area contributed by atoms with Crippen LogP contribution in [0, 0.1) is 16.7 Å². The molecule has 0 radical (unpaired) electrons. The fraction of sp³-hybridized carbons (Fsp3) is 0.375. The molecule has 6 heteroatoms. The van der Waals surface area contributed by atoms with Crippen molar-refractivity contribution in [1.82, 2.24) is 9.80 Å². The molecule has 30 heavy (non-hydrogen) atoms. The molecule has 0 spiro atoms. The van der Waals surface area contributed by atoms with E-state index in [4.69, 9.17) is 5.26 Å². The van der Waals surface area contributed by atoms with E-state index in [1.54, 1.807) is 24.3 Å². The smallest absolute Gasteiger partial charge is 0.254 e. The Morgan fingerprint density at radius 3 is 2.30 bits per heavy atom. The van der Waals surface area contributed by atoms with Gasteiger partial charge in [-0.1, -0.05) is 39.0 Å². The maximum absolute atomic E-state index is 12.9. The minimum Gasteiger partial charge on any atom is -0.336 e. The second-order valence-electron chi connectivity index (χ2n) is 8.66. The Balaban J connectivity index is 1.56. The Bertz CT molecular complexity index is 946. The van der Waals surface area contributed by atoms with Crippen molar-refractivity contribution >= 4 is 17.5 Å². The molecule has 1 heterocycles. The zero-order valence-electron chi connectivity index (χ0n) is 17.8. The third-order valence-electron chi connectivity index (χ3n) is 5.20. The first-order valence-electron chi connectivity index (χ1n) is 10.2. The number of hydrogen-bond donors (Lipinski definition) is 1. The standard InChI is InChI=1S/C24H28N4O2/c1-24(2,3)23(30)26-21-6-4-5-20(15-21)22(29)28-13-11-27(12-14-28)17-19-9-7-18(16-25)8-10-19/h4-10,15H,11-14,17H2,1-3H3,(H,26,30). The van der Waals surface area contributed by atoms with Gasteiger partial charge >= 0.3 is 0 Å². The summed E-state index contributed by atoms with van der Waals surface area (Å²) in [5.41, 5.74) is 2.55. The fourth-order valence-electron chi connectivity index (χ4n) is 3.28. The van der Waals surface area contributed by atoms with Gasteiger partial charge in [0, 0.05) is 49.4 Å².